The highest BCUT2D eigenvalue weighted by atomic mass is 127. The van der Waals surface area contributed by atoms with E-state index < -0.39 is 0 Å². The predicted octanol–water partition coefficient (Wildman–Crippen LogP) is 4.00. The number of hydrogen-bond donors (Lipinski definition) is 2. The van der Waals surface area contributed by atoms with Gasteiger partial charge in [-0.05, 0) is 42.2 Å². The molecule has 176 valence electrons. The summed E-state index contributed by atoms with van der Waals surface area (Å²) in [5.74, 6) is 1.59. The summed E-state index contributed by atoms with van der Waals surface area (Å²) in [6.07, 6.45) is 1.62. The van der Waals surface area contributed by atoms with Crippen molar-refractivity contribution in [2.45, 2.75) is 32.0 Å². The summed E-state index contributed by atoms with van der Waals surface area (Å²) in [6, 6.07) is 16.1. The maximum Gasteiger partial charge on any atom is 0.193 e. The summed E-state index contributed by atoms with van der Waals surface area (Å²) < 4.78 is 5.77. The van der Waals surface area contributed by atoms with E-state index >= 15 is 0 Å². The van der Waals surface area contributed by atoms with Gasteiger partial charge in [-0.1, -0.05) is 41.9 Å². The lowest BCUT2D eigenvalue weighted by Crippen LogP contribution is -2.40. The van der Waals surface area contributed by atoms with Gasteiger partial charge >= 0.3 is 0 Å². The highest BCUT2D eigenvalue weighted by molar-refractivity contribution is 14.0. The van der Waals surface area contributed by atoms with Gasteiger partial charge in [0.15, 0.2) is 5.96 Å². The number of nitrogens with one attached hydrogen (secondary N) is 1. The second-order valence-electron chi connectivity index (χ2n) is 7.95. The van der Waals surface area contributed by atoms with Crippen molar-refractivity contribution in [1.82, 2.24) is 15.1 Å². The van der Waals surface area contributed by atoms with Crippen LogP contribution in [-0.4, -0.2) is 67.3 Å². The van der Waals surface area contributed by atoms with Crippen LogP contribution in [0.4, 0.5) is 0 Å². The van der Waals surface area contributed by atoms with Gasteiger partial charge in [-0.15, -0.1) is 24.0 Å². The lowest BCUT2D eigenvalue weighted by molar-refractivity contribution is 0.0792. The summed E-state index contributed by atoms with van der Waals surface area (Å²) in [4.78, 5) is 8.82. The molecule has 2 aromatic carbocycles. The quantitative estimate of drug-likeness (QED) is 0.285. The minimum absolute atomic E-state index is 0. The van der Waals surface area contributed by atoms with E-state index in [1.165, 1.54) is 11.1 Å². The van der Waals surface area contributed by atoms with Crippen molar-refractivity contribution in [2.24, 2.45) is 4.99 Å². The van der Waals surface area contributed by atoms with Crippen molar-refractivity contribution in [1.29, 1.82) is 0 Å². The molecule has 32 heavy (non-hydrogen) atoms. The molecule has 0 aromatic heterocycles. The van der Waals surface area contributed by atoms with E-state index in [0.717, 1.165) is 44.2 Å². The van der Waals surface area contributed by atoms with Gasteiger partial charge in [0.1, 0.15) is 12.4 Å². The van der Waals surface area contributed by atoms with E-state index in [0.29, 0.717) is 24.7 Å². The van der Waals surface area contributed by atoms with Crippen molar-refractivity contribution in [2.75, 3.05) is 40.3 Å². The normalized spacial score (nSPS) is 15.2. The molecule has 0 radical (unpaired) electrons. The molecule has 0 unspecified atom stereocenters. The molecular weight excluding hydrogens is 539 g/mol. The average molecular weight is 573 g/mol. The topological polar surface area (TPSA) is 60.3 Å². The maximum atomic E-state index is 9.64. The Balaban J connectivity index is 0.00000363. The summed E-state index contributed by atoms with van der Waals surface area (Å²) in [6.45, 7) is 4.83. The van der Waals surface area contributed by atoms with Gasteiger partial charge in [0.25, 0.3) is 0 Å². The summed E-state index contributed by atoms with van der Waals surface area (Å²) in [7, 11) is 3.78. The Kier molecular flexibility index (Phi) is 11.6. The Morgan fingerprint density at radius 1 is 1.19 bits per heavy atom. The SMILES string of the molecule is CN=C(NCc1ccc(CN2CCC(O)CC2)cc1)N(C)CCOc1cccc(Cl)c1.I. The predicted molar refractivity (Wildman–Crippen MR) is 142 cm³/mol. The molecule has 6 nitrogen and oxygen atoms in total. The lowest BCUT2D eigenvalue weighted by atomic mass is 10.1. The van der Waals surface area contributed by atoms with E-state index in [1.54, 1.807) is 7.05 Å². The molecule has 1 aliphatic rings. The minimum atomic E-state index is -0.124. The zero-order valence-electron chi connectivity index (χ0n) is 18.8. The first kappa shape index (κ1) is 26.7. The first-order chi connectivity index (χ1) is 15.0. The summed E-state index contributed by atoms with van der Waals surface area (Å²) >= 11 is 5.99. The molecule has 0 aliphatic carbocycles. The number of aliphatic imine (C=N–C) groups is 1. The largest absolute Gasteiger partial charge is 0.492 e. The van der Waals surface area contributed by atoms with Crippen LogP contribution in [0.25, 0.3) is 0 Å². The van der Waals surface area contributed by atoms with Crippen LogP contribution in [0, 0.1) is 0 Å². The van der Waals surface area contributed by atoms with Crippen LogP contribution in [0.5, 0.6) is 5.75 Å². The molecule has 0 saturated carbocycles. The number of rotatable bonds is 8. The van der Waals surface area contributed by atoms with Crippen molar-refractivity contribution in [3.8, 4) is 5.75 Å². The van der Waals surface area contributed by atoms with Crippen molar-refractivity contribution in [3.05, 3.63) is 64.7 Å². The fourth-order valence-corrected chi connectivity index (χ4v) is 3.81. The zero-order chi connectivity index (χ0) is 22.1. The van der Waals surface area contributed by atoms with E-state index in [-0.39, 0.29) is 30.1 Å². The van der Waals surface area contributed by atoms with E-state index in [1.807, 2.05) is 36.2 Å². The van der Waals surface area contributed by atoms with E-state index in [2.05, 4.69) is 39.5 Å². The third-order valence-electron chi connectivity index (χ3n) is 5.50. The van der Waals surface area contributed by atoms with Crippen LogP contribution >= 0.6 is 35.6 Å². The molecule has 0 amide bonds. The van der Waals surface area contributed by atoms with E-state index in [9.17, 15) is 5.11 Å². The van der Waals surface area contributed by atoms with Gasteiger partial charge in [-0.2, -0.15) is 0 Å². The van der Waals surface area contributed by atoms with Crippen molar-refractivity contribution >= 4 is 41.5 Å². The van der Waals surface area contributed by atoms with Gasteiger partial charge in [-0.3, -0.25) is 9.89 Å². The number of likely N-dealkylation sites (N-methyl/N-ethyl adjacent to an activating group) is 1. The Morgan fingerprint density at radius 2 is 1.88 bits per heavy atom. The number of halogens is 2. The Morgan fingerprint density at radius 3 is 2.53 bits per heavy atom. The van der Waals surface area contributed by atoms with Crippen molar-refractivity contribution < 1.29 is 9.84 Å². The number of benzene rings is 2. The monoisotopic (exact) mass is 572 g/mol. The fraction of sp³-hybridized carbons (Fsp3) is 0.458. The first-order valence-electron chi connectivity index (χ1n) is 10.8. The highest BCUT2D eigenvalue weighted by Crippen LogP contribution is 2.17. The standard InChI is InChI=1S/C24H33ClN4O2.HI/c1-26-24(28(2)14-15-31-23-5-3-4-21(25)16-23)27-17-19-6-8-20(9-7-19)18-29-12-10-22(30)11-13-29;/h3-9,16,22,30H,10-15,17-18H2,1-2H3,(H,26,27);1H. The van der Waals surface area contributed by atoms with Crippen LogP contribution in [0.15, 0.2) is 53.5 Å². The maximum absolute atomic E-state index is 9.64. The third-order valence-corrected chi connectivity index (χ3v) is 5.74. The Bertz CT molecular complexity index is 842. The fourth-order valence-electron chi connectivity index (χ4n) is 3.63. The summed E-state index contributed by atoms with van der Waals surface area (Å²) in [5.41, 5.74) is 2.52. The smallest absolute Gasteiger partial charge is 0.193 e. The average Bonchev–Trinajstić information content (AvgIpc) is 2.77. The number of nitrogens with zero attached hydrogens (tertiary/aromatic N) is 3. The van der Waals surface area contributed by atoms with Gasteiger partial charge in [-0.25, -0.2) is 0 Å². The molecule has 1 heterocycles. The van der Waals surface area contributed by atoms with Crippen LogP contribution in [-0.2, 0) is 13.1 Å². The summed E-state index contributed by atoms with van der Waals surface area (Å²) in [5, 5.41) is 13.7. The van der Waals surface area contributed by atoms with Gasteiger partial charge in [0.05, 0.1) is 12.6 Å². The number of piperidine rings is 1. The van der Waals surface area contributed by atoms with Gasteiger partial charge < -0.3 is 20.1 Å². The minimum Gasteiger partial charge on any atom is -0.492 e. The number of likely N-dealkylation sites (tertiary alicyclic amines) is 1. The second-order valence-corrected chi connectivity index (χ2v) is 8.39. The number of aliphatic hydroxyl groups is 1. The molecule has 1 saturated heterocycles. The van der Waals surface area contributed by atoms with Crippen LogP contribution in [0.2, 0.25) is 5.02 Å². The van der Waals surface area contributed by atoms with Crippen LogP contribution in [0.3, 0.4) is 0 Å². The molecule has 0 spiro atoms. The Labute approximate surface area is 213 Å². The molecule has 0 bridgehead atoms. The second kappa shape index (κ2) is 13.9. The van der Waals surface area contributed by atoms with Gasteiger partial charge in [0, 0.05) is 45.3 Å². The van der Waals surface area contributed by atoms with Crippen molar-refractivity contribution in [3.63, 3.8) is 0 Å². The number of guanidine groups is 1. The third kappa shape index (κ3) is 8.77. The first-order valence-corrected chi connectivity index (χ1v) is 11.2. The molecule has 3 rings (SSSR count). The molecule has 1 fully saturated rings. The van der Waals surface area contributed by atoms with Crippen LogP contribution < -0.4 is 10.1 Å². The number of ether oxygens (including phenoxy) is 1. The highest BCUT2D eigenvalue weighted by Gasteiger charge is 2.16. The molecule has 2 aromatic rings. The van der Waals surface area contributed by atoms with Crippen LogP contribution in [0.1, 0.15) is 24.0 Å². The van der Waals surface area contributed by atoms with E-state index in [4.69, 9.17) is 16.3 Å². The zero-order valence-corrected chi connectivity index (χ0v) is 21.9. The number of aliphatic hydroxyl groups excluding tert-OH is 1. The molecule has 2 N–H and O–H groups in total. The Hall–Kier alpha value is -1.55. The number of hydrogen-bond acceptors (Lipinski definition) is 4. The molecular formula is C24H34ClIN4O2. The van der Waals surface area contributed by atoms with Gasteiger partial charge in [0.2, 0.25) is 0 Å². The lowest BCUT2D eigenvalue weighted by Gasteiger charge is -2.29. The molecule has 8 heteroatoms. The molecule has 0 atom stereocenters. The molecule has 1 aliphatic heterocycles.